The van der Waals surface area contributed by atoms with Gasteiger partial charge in [0.2, 0.25) is 0 Å². The van der Waals surface area contributed by atoms with Crippen LogP contribution in [0.4, 0.5) is 4.39 Å². The standard InChI is InChI=1S/C20H26FNO/c21-20-11-9-18(10-12-20)13-16-23-15-6-2-5-14-22-17-19-7-3-1-4-8-19/h1,3-4,7-12,22H,2,5-6,13-17H2. The Labute approximate surface area is 138 Å². The lowest BCUT2D eigenvalue weighted by Gasteiger charge is -2.06. The summed E-state index contributed by atoms with van der Waals surface area (Å²) in [5.74, 6) is -0.185. The summed E-state index contributed by atoms with van der Waals surface area (Å²) in [5.41, 5.74) is 2.45. The van der Waals surface area contributed by atoms with E-state index in [0.29, 0.717) is 6.61 Å². The molecule has 124 valence electrons. The van der Waals surface area contributed by atoms with Gasteiger partial charge in [-0.05, 0) is 55.5 Å². The van der Waals surface area contributed by atoms with Crippen molar-refractivity contribution in [1.82, 2.24) is 5.32 Å². The van der Waals surface area contributed by atoms with Gasteiger partial charge in [-0.15, -0.1) is 0 Å². The number of hydrogen-bond donors (Lipinski definition) is 1. The first-order chi connectivity index (χ1) is 11.3. The molecule has 3 heteroatoms. The molecule has 0 amide bonds. The third kappa shape index (κ3) is 7.91. The predicted molar refractivity (Wildman–Crippen MR) is 92.9 cm³/mol. The van der Waals surface area contributed by atoms with Crippen molar-refractivity contribution >= 4 is 0 Å². The highest BCUT2D eigenvalue weighted by atomic mass is 19.1. The molecule has 1 N–H and O–H groups in total. The molecule has 0 saturated heterocycles. The molecule has 0 aromatic heterocycles. The summed E-state index contributed by atoms with van der Waals surface area (Å²) in [5, 5.41) is 3.46. The van der Waals surface area contributed by atoms with Crippen LogP contribution in [0.1, 0.15) is 30.4 Å². The number of ether oxygens (including phenoxy) is 1. The van der Waals surface area contributed by atoms with Gasteiger partial charge in [0, 0.05) is 13.2 Å². The molecule has 0 radical (unpaired) electrons. The number of halogens is 1. The minimum Gasteiger partial charge on any atom is -0.381 e. The summed E-state index contributed by atoms with van der Waals surface area (Å²) in [7, 11) is 0. The van der Waals surface area contributed by atoms with Gasteiger partial charge in [-0.2, -0.15) is 0 Å². The smallest absolute Gasteiger partial charge is 0.123 e. The molecular weight excluding hydrogens is 289 g/mol. The van der Waals surface area contributed by atoms with Gasteiger partial charge in [0.25, 0.3) is 0 Å². The van der Waals surface area contributed by atoms with E-state index in [1.807, 2.05) is 18.2 Å². The lowest BCUT2D eigenvalue weighted by atomic mass is 10.2. The number of hydrogen-bond acceptors (Lipinski definition) is 2. The zero-order chi connectivity index (χ0) is 16.2. The fraction of sp³-hybridized carbons (Fsp3) is 0.400. The molecule has 0 spiro atoms. The van der Waals surface area contributed by atoms with E-state index in [2.05, 4.69) is 29.6 Å². The first kappa shape index (κ1) is 17.6. The van der Waals surface area contributed by atoms with Crippen LogP contribution in [0.25, 0.3) is 0 Å². The van der Waals surface area contributed by atoms with Gasteiger partial charge in [0.15, 0.2) is 0 Å². The molecule has 2 aromatic carbocycles. The van der Waals surface area contributed by atoms with Gasteiger partial charge in [-0.25, -0.2) is 4.39 Å². The molecule has 0 bridgehead atoms. The first-order valence-corrected chi connectivity index (χ1v) is 8.41. The van der Waals surface area contributed by atoms with E-state index in [4.69, 9.17) is 4.74 Å². The van der Waals surface area contributed by atoms with Crippen molar-refractivity contribution in [3.8, 4) is 0 Å². The Morgan fingerprint density at radius 2 is 1.57 bits per heavy atom. The minimum absolute atomic E-state index is 0.185. The maximum absolute atomic E-state index is 12.8. The van der Waals surface area contributed by atoms with E-state index in [1.165, 1.54) is 30.5 Å². The average Bonchev–Trinajstić information content (AvgIpc) is 2.59. The van der Waals surface area contributed by atoms with Crippen molar-refractivity contribution in [1.29, 1.82) is 0 Å². The molecule has 0 unspecified atom stereocenters. The molecule has 0 saturated carbocycles. The molecule has 0 atom stereocenters. The van der Waals surface area contributed by atoms with Crippen LogP contribution in [0, 0.1) is 5.82 Å². The van der Waals surface area contributed by atoms with Crippen molar-refractivity contribution in [2.75, 3.05) is 19.8 Å². The Hall–Kier alpha value is -1.71. The average molecular weight is 315 g/mol. The van der Waals surface area contributed by atoms with Gasteiger partial charge < -0.3 is 10.1 Å². The summed E-state index contributed by atoms with van der Waals surface area (Å²) < 4.78 is 18.4. The van der Waals surface area contributed by atoms with E-state index < -0.39 is 0 Å². The molecule has 0 aliphatic carbocycles. The van der Waals surface area contributed by atoms with Crippen LogP contribution >= 0.6 is 0 Å². The van der Waals surface area contributed by atoms with Gasteiger partial charge in [0.05, 0.1) is 6.61 Å². The molecule has 2 aromatic rings. The topological polar surface area (TPSA) is 21.3 Å². The SMILES string of the molecule is Fc1ccc(CCOCCCCCNCc2ccccc2)cc1. The van der Waals surface area contributed by atoms with Crippen LogP contribution in [-0.2, 0) is 17.7 Å². The molecular formula is C20H26FNO. The van der Waals surface area contributed by atoms with Gasteiger partial charge >= 0.3 is 0 Å². The molecule has 2 rings (SSSR count). The molecule has 0 fully saturated rings. The van der Waals surface area contributed by atoms with Crippen LogP contribution in [-0.4, -0.2) is 19.8 Å². The number of unbranched alkanes of at least 4 members (excludes halogenated alkanes) is 2. The van der Waals surface area contributed by atoms with Crippen LogP contribution in [0.3, 0.4) is 0 Å². The minimum atomic E-state index is -0.185. The zero-order valence-corrected chi connectivity index (χ0v) is 13.6. The Balaban J connectivity index is 1.39. The maximum atomic E-state index is 12.8. The van der Waals surface area contributed by atoms with Gasteiger partial charge in [0.1, 0.15) is 5.82 Å². The van der Waals surface area contributed by atoms with E-state index in [9.17, 15) is 4.39 Å². The largest absolute Gasteiger partial charge is 0.381 e. The number of benzene rings is 2. The highest BCUT2D eigenvalue weighted by Crippen LogP contribution is 2.04. The molecule has 2 nitrogen and oxygen atoms in total. The summed E-state index contributed by atoms with van der Waals surface area (Å²) >= 11 is 0. The molecule has 0 heterocycles. The summed E-state index contributed by atoms with van der Waals surface area (Å²) in [6.07, 6.45) is 4.29. The van der Waals surface area contributed by atoms with Crippen LogP contribution in [0.2, 0.25) is 0 Å². The highest BCUT2D eigenvalue weighted by Gasteiger charge is 1.96. The number of nitrogens with one attached hydrogen (secondary N) is 1. The van der Waals surface area contributed by atoms with Crippen LogP contribution in [0.5, 0.6) is 0 Å². The van der Waals surface area contributed by atoms with Crippen molar-refractivity contribution < 1.29 is 9.13 Å². The highest BCUT2D eigenvalue weighted by molar-refractivity contribution is 5.16. The summed E-state index contributed by atoms with van der Waals surface area (Å²) in [4.78, 5) is 0. The van der Waals surface area contributed by atoms with E-state index >= 15 is 0 Å². The fourth-order valence-corrected chi connectivity index (χ4v) is 2.40. The summed E-state index contributed by atoms with van der Waals surface area (Å²) in [6, 6.07) is 17.1. The van der Waals surface area contributed by atoms with Crippen LogP contribution < -0.4 is 5.32 Å². The van der Waals surface area contributed by atoms with E-state index in [-0.39, 0.29) is 5.82 Å². The van der Waals surface area contributed by atoms with Crippen LogP contribution in [0.15, 0.2) is 54.6 Å². The predicted octanol–water partition coefficient (Wildman–Crippen LogP) is 4.34. The third-order valence-electron chi connectivity index (χ3n) is 3.76. The fourth-order valence-electron chi connectivity index (χ4n) is 2.40. The Morgan fingerprint density at radius 3 is 2.35 bits per heavy atom. The van der Waals surface area contributed by atoms with Crippen molar-refractivity contribution in [3.05, 3.63) is 71.5 Å². The van der Waals surface area contributed by atoms with Gasteiger partial charge in [-0.1, -0.05) is 42.5 Å². The summed E-state index contributed by atoms with van der Waals surface area (Å²) in [6.45, 7) is 3.50. The van der Waals surface area contributed by atoms with Crippen molar-refractivity contribution in [2.45, 2.75) is 32.2 Å². The Morgan fingerprint density at radius 1 is 0.783 bits per heavy atom. The van der Waals surface area contributed by atoms with E-state index in [1.54, 1.807) is 0 Å². The lowest BCUT2D eigenvalue weighted by molar-refractivity contribution is 0.133. The number of rotatable bonds is 11. The Bertz CT molecular complexity index is 527. The van der Waals surface area contributed by atoms with E-state index in [0.717, 1.165) is 38.1 Å². The first-order valence-electron chi connectivity index (χ1n) is 8.41. The third-order valence-corrected chi connectivity index (χ3v) is 3.76. The van der Waals surface area contributed by atoms with Crippen molar-refractivity contribution in [3.63, 3.8) is 0 Å². The van der Waals surface area contributed by atoms with Crippen molar-refractivity contribution in [2.24, 2.45) is 0 Å². The second-order valence-electron chi connectivity index (χ2n) is 5.71. The lowest BCUT2D eigenvalue weighted by Crippen LogP contribution is -2.14. The second-order valence-corrected chi connectivity index (χ2v) is 5.71. The maximum Gasteiger partial charge on any atom is 0.123 e. The monoisotopic (exact) mass is 315 g/mol. The molecule has 0 aliphatic rings. The molecule has 23 heavy (non-hydrogen) atoms. The van der Waals surface area contributed by atoms with Gasteiger partial charge in [-0.3, -0.25) is 0 Å². The zero-order valence-electron chi connectivity index (χ0n) is 13.6. The quantitative estimate of drug-likeness (QED) is 0.623. The second kappa shape index (κ2) is 10.9. The Kier molecular flexibility index (Phi) is 8.38. The molecule has 0 aliphatic heterocycles. The normalized spacial score (nSPS) is 10.8.